The third-order valence-corrected chi connectivity index (χ3v) is 3.61. The first kappa shape index (κ1) is 16.7. The summed E-state index contributed by atoms with van der Waals surface area (Å²) in [4.78, 5) is 25.5. The van der Waals surface area contributed by atoms with Crippen molar-refractivity contribution in [2.75, 3.05) is 11.4 Å². The quantitative estimate of drug-likeness (QED) is 0.923. The first-order valence-corrected chi connectivity index (χ1v) is 7.63. The van der Waals surface area contributed by atoms with Crippen LogP contribution in [0.15, 0.2) is 48.5 Å². The maximum Gasteiger partial charge on any atom is 0.240 e. The lowest BCUT2D eigenvalue weighted by atomic mass is 10.1. The molecule has 0 heterocycles. The molecule has 0 aliphatic heterocycles. The predicted octanol–water partition coefficient (Wildman–Crippen LogP) is 2.97. The molecule has 0 aliphatic carbocycles. The summed E-state index contributed by atoms with van der Waals surface area (Å²) in [5.41, 5.74) is 4.01. The fourth-order valence-corrected chi connectivity index (χ4v) is 2.29. The van der Waals surface area contributed by atoms with Crippen molar-refractivity contribution in [3.8, 4) is 0 Å². The summed E-state index contributed by atoms with van der Waals surface area (Å²) >= 11 is 0. The molecule has 2 rings (SSSR count). The molecule has 0 radical (unpaired) electrons. The maximum atomic E-state index is 12.2. The summed E-state index contributed by atoms with van der Waals surface area (Å²) in [6.45, 7) is 5.92. The van der Waals surface area contributed by atoms with E-state index < -0.39 is 0 Å². The second-order valence-electron chi connectivity index (χ2n) is 5.71. The average Bonchev–Trinajstić information content (AvgIpc) is 2.51. The van der Waals surface area contributed by atoms with Crippen molar-refractivity contribution in [1.82, 2.24) is 5.32 Å². The molecular weight excluding hydrogens is 288 g/mol. The largest absolute Gasteiger partial charge is 0.350 e. The molecule has 0 saturated carbocycles. The highest BCUT2D eigenvalue weighted by Crippen LogP contribution is 2.15. The second kappa shape index (κ2) is 7.58. The normalized spacial score (nSPS) is 10.2. The van der Waals surface area contributed by atoms with Crippen LogP contribution in [0.1, 0.15) is 23.6 Å². The molecule has 0 bridgehead atoms. The van der Waals surface area contributed by atoms with Crippen LogP contribution < -0.4 is 10.2 Å². The molecule has 0 aromatic heterocycles. The number of rotatable bonds is 5. The van der Waals surface area contributed by atoms with E-state index in [9.17, 15) is 9.59 Å². The molecule has 120 valence electrons. The Morgan fingerprint density at radius 1 is 1.00 bits per heavy atom. The van der Waals surface area contributed by atoms with Crippen LogP contribution in [0.2, 0.25) is 0 Å². The van der Waals surface area contributed by atoms with Gasteiger partial charge >= 0.3 is 0 Å². The van der Waals surface area contributed by atoms with Crippen molar-refractivity contribution < 1.29 is 9.59 Å². The monoisotopic (exact) mass is 310 g/mol. The molecule has 0 aliphatic rings. The van der Waals surface area contributed by atoms with Gasteiger partial charge in [-0.2, -0.15) is 0 Å². The van der Waals surface area contributed by atoms with E-state index in [1.54, 1.807) is 0 Å². The molecule has 2 aromatic rings. The van der Waals surface area contributed by atoms with Gasteiger partial charge in [-0.25, -0.2) is 0 Å². The van der Waals surface area contributed by atoms with E-state index >= 15 is 0 Å². The zero-order valence-corrected chi connectivity index (χ0v) is 13.8. The summed E-state index contributed by atoms with van der Waals surface area (Å²) in [5.74, 6) is -0.330. The number of aryl methyl sites for hydroxylation is 2. The van der Waals surface area contributed by atoms with Crippen molar-refractivity contribution in [3.05, 3.63) is 65.2 Å². The molecule has 4 heteroatoms. The highest BCUT2D eigenvalue weighted by Gasteiger charge is 2.15. The summed E-state index contributed by atoms with van der Waals surface area (Å²) in [5, 5.41) is 2.86. The number of carbonyl (C=O) groups excluding carboxylic acids is 2. The SMILES string of the molecule is CC(=O)N(CC(=O)NCc1ccc(C)cc1)c1cccc(C)c1. The minimum absolute atomic E-state index is 0.0185. The number of nitrogens with one attached hydrogen (secondary N) is 1. The molecule has 0 saturated heterocycles. The first-order chi connectivity index (χ1) is 11.0. The number of hydrogen-bond acceptors (Lipinski definition) is 2. The van der Waals surface area contributed by atoms with E-state index in [0.29, 0.717) is 6.54 Å². The highest BCUT2D eigenvalue weighted by atomic mass is 16.2. The number of anilines is 1. The zero-order chi connectivity index (χ0) is 16.8. The van der Waals surface area contributed by atoms with Gasteiger partial charge in [0.1, 0.15) is 6.54 Å². The van der Waals surface area contributed by atoms with Crippen molar-refractivity contribution in [1.29, 1.82) is 0 Å². The number of hydrogen-bond donors (Lipinski definition) is 1. The molecule has 0 fully saturated rings. The molecule has 1 N–H and O–H groups in total. The van der Waals surface area contributed by atoms with Crippen LogP contribution in [0.5, 0.6) is 0 Å². The fourth-order valence-electron chi connectivity index (χ4n) is 2.29. The Morgan fingerprint density at radius 3 is 2.30 bits per heavy atom. The molecule has 23 heavy (non-hydrogen) atoms. The number of carbonyl (C=O) groups is 2. The van der Waals surface area contributed by atoms with Crippen LogP contribution in [-0.2, 0) is 16.1 Å². The Labute approximate surface area is 137 Å². The summed E-state index contributed by atoms with van der Waals surface area (Å²) < 4.78 is 0. The molecule has 2 aromatic carbocycles. The van der Waals surface area contributed by atoms with E-state index in [0.717, 1.165) is 16.8 Å². The third kappa shape index (κ3) is 4.95. The van der Waals surface area contributed by atoms with E-state index in [1.807, 2.05) is 62.4 Å². The number of amides is 2. The third-order valence-electron chi connectivity index (χ3n) is 3.61. The molecule has 0 unspecified atom stereocenters. The smallest absolute Gasteiger partial charge is 0.240 e. The van der Waals surface area contributed by atoms with Gasteiger partial charge in [0, 0.05) is 19.2 Å². The van der Waals surface area contributed by atoms with E-state index in [1.165, 1.54) is 17.4 Å². The number of nitrogens with zero attached hydrogens (tertiary/aromatic N) is 1. The Balaban J connectivity index is 1.98. The molecule has 0 spiro atoms. The van der Waals surface area contributed by atoms with Gasteiger partial charge in [0.05, 0.1) is 0 Å². The molecule has 2 amide bonds. The van der Waals surface area contributed by atoms with Crippen LogP contribution in [0.3, 0.4) is 0 Å². The minimum atomic E-state index is -0.178. The van der Waals surface area contributed by atoms with Crippen LogP contribution in [0.25, 0.3) is 0 Å². The van der Waals surface area contributed by atoms with Gasteiger partial charge in [0.25, 0.3) is 0 Å². The average molecular weight is 310 g/mol. The van der Waals surface area contributed by atoms with Gasteiger partial charge < -0.3 is 10.2 Å². The Kier molecular flexibility index (Phi) is 5.52. The first-order valence-electron chi connectivity index (χ1n) is 7.63. The maximum absolute atomic E-state index is 12.2. The van der Waals surface area contributed by atoms with E-state index in [-0.39, 0.29) is 18.4 Å². The summed E-state index contributed by atoms with van der Waals surface area (Å²) in [7, 11) is 0. The molecular formula is C19H22N2O2. The van der Waals surface area contributed by atoms with Crippen molar-refractivity contribution in [3.63, 3.8) is 0 Å². The molecule has 4 nitrogen and oxygen atoms in total. The fraction of sp³-hybridized carbons (Fsp3) is 0.263. The standard InChI is InChI=1S/C19H22N2O2/c1-14-7-9-17(10-8-14)12-20-19(23)13-21(16(3)22)18-6-4-5-15(2)11-18/h4-11H,12-13H2,1-3H3,(H,20,23). The number of benzene rings is 2. The zero-order valence-electron chi connectivity index (χ0n) is 13.8. The van der Waals surface area contributed by atoms with Crippen molar-refractivity contribution in [2.24, 2.45) is 0 Å². The lowest BCUT2D eigenvalue weighted by Gasteiger charge is -2.21. The van der Waals surface area contributed by atoms with Crippen molar-refractivity contribution >= 4 is 17.5 Å². The van der Waals surface area contributed by atoms with Crippen LogP contribution in [-0.4, -0.2) is 18.4 Å². The summed E-state index contributed by atoms with van der Waals surface area (Å²) in [6, 6.07) is 15.6. The van der Waals surface area contributed by atoms with E-state index in [4.69, 9.17) is 0 Å². The Bertz CT molecular complexity index is 693. The minimum Gasteiger partial charge on any atom is -0.350 e. The van der Waals surface area contributed by atoms with E-state index in [2.05, 4.69) is 5.32 Å². The van der Waals surface area contributed by atoms with Crippen LogP contribution >= 0.6 is 0 Å². The Morgan fingerprint density at radius 2 is 1.70 bits per heavy atom. The molecule has 0 atom stereocenters. The van der Waals surface area contributed by atoms with Gasteiger partial charge in [0.15, 0.2) is 0 Å². The predicted molar refractivity (Wildman–Crippen MR) is 92.2 cm³/mol. The summed E-state index contributed by atoms with van der Waals surface area (Å²) in [6.07, 6.45) is 0. The van der Waals surface area contributed by atoms with Gasteiger partial charge in [-0.1, -0.05) is 42.0 Å². The van der Waals surface area contributed by atoms with Gasteiger partial charge in [-0.15, -0.1) is 0 Å². The second-order valence-corrected chi connectivity index (χ2v) is 5.71. The van der Waals surface area contributed by atoms with Gasteiger partial charge in [-0.05, 0) is 37.1 Å². The highest BCUT2D eigenvalue weighted by molar-refractivity contribution is 5.97. The van der Waals surface area contributed by atoms with Gasteiger partial charge in [-0.3, -0.25) is 9.59 Å². The lowest BCUT2D eigenvalue weighted by Crippen LogP contribution is -2.39. The Hall–Kier alpha value is -2.62. The lowest BCUT2D eigenvalue weighted by molar-refractivity contribution is -0.123. The van der Waals surface area contributed by atoms with Crippen molar-refractivity contribution in [2.45, 2.75) is 27.3 Å². The van der Waals surface area contributed by atoms with Crippen LogP contribution in [0, 0.1) is 13.8 Å². The van der Waals surface area contributed by atoms with Gasteiger partial charge in [0.2, 0.25) is 11.8 Å². The topological polar surface area (TPSA) is 49.4 Å². The van der Waals surface area contributed by atoms with Crippen LogP contribution in [0.4, 0.5) is 5.69 Å².